The van der Waals surface area contributed by atoms with E-state index in [4.69, 9.17) is 11.6 Å². The molecule has 25 heavy (non-hydrogen) atoms. The van der Waals surface area contributed by atoms with Gasteiger partial charge in [-0.25, -0.2) is 0 Å². The van der Waals surface area contributed by atoms with Gasteiger partial charge in [0.25, 0.3) is 11.8 Å². The minimum Gasteiger partial charge on any atom is -0.362 e. The number of carbonyl (C=O) groups excluding carboxylic acids is 2. The quantitative estimate of drug-likeness (QED) is 0.780. The van der Waals surface area contributed by atoms with Crippen molar-refractivity contribution in [3.8, 4) is 0 Å². The number of rotatable bonds is 2. The number of benzene rings is 2. The molecule has 2 aromatic rings. The molecule has 2 aliphatic rings. The monoisotopic (exact) mass is 352 g/mol. The van der Waals surface area contributed by atoms with Crippen molar-refractivity contribution in [2.45, 2.75) is 13.0 Å². The van der Waals surface area contributed by atoms with Gasteiger partial charge in [0.05, 0.1) is 5.57 Å². The molecule has 0 saturated carbocycles. The molecule has 0 N–H and O–H groups in total. The van der Waals surface area contributed by atoms with Crippen LogP contribution in [0.2, 0.25) is 5.02 Å². The molecule has 4 rings (SSSR count). The van der Waals surface area contributed by atoms with Crippen LogP contribution in [0.25, 0.3) is 5.57 Å². The standard InChI is InChI=1S/C20H17ClN2O2/c1-22-19(24)17(14-6-8-16(21)9-7-14)18(20(22)25)23-11-10-13-4-2-3-5-15(13)12-23/h2-9H,10-12H2,1H3. The Balaban J connectivity index is 1.80. The molecule has 0 radical (unpaired) electrons. The summed E-state index contributed by atoms with van der Waals surface area (Å²) in [5, 5.41) is 0.600. The Morgan fingerprint density at radius 3 is 2.32 bits per heavy atom. The summed E-state index contributed by atoms with van der Waals surface area (Å²) in [4.78, 5) is 28.7. The van der Waals surface area contributed by atoms with E-state index in [1.165, 1.54) is 23.1 Å². The van der Waals surface area contributed by atoms with Gasteiger partial charge >= 0.3 is 0 Å². The summed E-state index contributed by atoms with van der Waals surface area (Å²) in [6, 6.07) is 15.3. The molecule has 0 aromatic heterocycles. The summed E-state index contributed by atoms with van der Waals surface area (Å²) < 4.78 is 0. The van der Waals surface area contributed by atoms with Crippen LogP contribution in [0, 0.1) is 0 Å². The van der Waals surface area contributed by atoms with Crippen LogP contribution >= 0.6 is 11.6 Å². The zero-order valence-corrected chi connectivity index (χ0v) is 14.6. The van der Waals surface area contributed by atoms with Crippen LogP contribution in [-0.4, -0.2) is 35.2 Å². The third-order valence-electron chi connectivity index (χ3n) is 4.84. The summed E-state index contributed by atoms with van der Waals surface area (Å²) in [6.07, 6.45) is 0.860. The van der Waals surface area contributed by atoms with Crippen molar-refractivity contribution in [3.63, 3.8) is 0 Å². The van der Waals surface area contributed by atoms with Crippen LogP contribution in [0.1, 0.15) is 16.7 Å². The molecule has 0 bridgehead atoms. The molecule has 0 aliphatic carbocycles. The SMILES string of the molecule is CN1C(=O)C(c2ccc(Cl)cc2)=C(N2CCc3ccccc3C2)C1=O. The normalized spacial score (nSPS) is 17.4. The van der Waals surface area contributed by atoms with Gasteiger partial charge in [-0.15, -0.1) is 0 Å². The average Bonchev–Trinajstić information content (AvgIpc) is 2.86. The predicted octanol–water partition coefficient (Wildman–Crippen LogP) is 3.11. The lowest BCUT2D eigenvalue weighted by molar-refractivity contribution is -0.136. The number of hydrogen-bond donors (Lipinski definition) is 0. The van der Waals surface area contributed by atoms with Gasteiger partial charge in [0.2, 0.25) is 0 Å². The van der Waals surface area contributed by atoms with E-state index in [0.717, 1.165) is 18.5 Å². The Morgan fingerprint density at radius 1 is 0.920 bits per heavy atom. The van der Waals surface area contributed by atoms with E-state index in [9.17, 15) is 9.59 Å². The second-order valence-corrected chi connectivity index (χ2v) is 6.78. The van der Waals surface area contributed by atoms with Crippen molar-refractivity contribution in [2.75, 3.05) is 13.6 Å². The zero-order chi connectivity index (χ0) is 17.6. The lowest BCUT2D eigenvalue weighted by Crippen LogP contribution is -2.35. The van der Waals surface area contributed by atoms with Gasteiger partial charge in [-0.2, -0.15) is 0 Å². The first-order valence-corrected chi connectivity index (χ1v) is 8.58. The lowest BCUT2D eigenvalue weighted by atomic mass is 9.98. The van der Waals surface area contributed by atoms with Gasteiger partial charge in [0.15, 0.2) is 0 Å². The third kappa shape index (κ3) is 2.63. The maximum absolute atomic E-state index is 12.8. The summed E-state index contributed by atoms with van der Waals surface area (Å²) in [6.45, 7) is 1.35. The number of fused-ring (bicyclic) bond motifs is 1. The van der Waals surface area contributed by atoms with Crippen LogP contribution in [-0.2, 0) is 22.6 Å². The molecule has 0 saturated heterocycles. The summed E-state index contributed by atoms with van der Waals surface area (Å²) in [5.74, 6) is -0.504. The first-order valence-electron chi connectivity index (χ1n) is 8.20. The van der Waals surface area contributed by atoms with Crippen molar-refractivity contribution in [3.05, 3.63) is 75.9 Å². The first-order chi connectivity index (χ1) is 12.1. The maximum atomic E-state index is 12.8. The highest BCUT2D eigenvalue weighted by Crippen LogP contribution is 2.34. The van der Waals surface area contributed by atoms with E-state index in [1.54, 1.807) is 24.3 Å². The molecular formula is C20H17ClN2O2. The van der Waals surface area contributed by atoms with Crippen molar-refractivity contribution in [1.82, 2.24) is 9.80 Å². The number of imide groups is 1. The first kappa shape index (κ1) is 15.9. The van der Waals surface area contributed by atoms with Crippen LogP contribution in [0.15, 0.2) is 54.2 Å². The molecule has 2 heterocycles. The van der Waals surface area contributed by atoms with Gasteiger partial charge in [0, 0.05) is 25.2 Å². The molecule has 2 amide bonds. The second kappa shape index (κ2) is 6.05. The Bertz CT molecular complexity index is 902. The van der Waals surface area contributed by atoms with Crippen molar-refractivity contribution >= 4 is 29.0 Å². The van der Waals surface area contributed by atoms with Gasteiger partial charge in [-0.1, -0.05) is 48.0 Å². The van der Waals surface area contributed by atoms with Crippen LogP contribution < -0.4 is 0 Å². The van der Waals surface area contributed by atoms with E-state index >= 15 is 0 Å². The van der Waals surface area contributed by atoms with E-state index in [-0.39, 0.29) is 11.8 Å². The second-order valence-electron chi connectivity index (χ2n) is 6.34. The molecule has 2 aliphatic heterocycles. The van der Waals surface area contributed by atoms with Gasteiger partial charge in [-0.05, 0) is 35.2 Å². The Morgan fingerprint density at radius 2 is 1.60 bits per heavy atom. The smallest absolute Gasteiger partial charge is 0.277 e. The van der Waals surface area contributed by atoms with E-state index < -0.39 is 0 Å². The van der Waals surface area contributed by atoms with Crippen LogP contribution in [0.4, 0.5) is 0 Å². The number of halogens is 1. The fourth-order valence-corrected chi connectivity index (χ4v) is 3.61. The molecule has 0 atom stereocenters. The highest BCUT2D eigenvalue weighted by atomic mass is 35.5. The number of likely N-dealkylation sites (N-methyl/N-ethyl adjacent to an activating group) is 1. The van der Waals surface area contributed by atoms with Crippen molar-refractivity contribution in [1.29, 1.82) is 0 Å². The number of carbonyl (C=O) groups is 2. The Hall–Kier alpha value is -2.59. The largest absolute Gasteiger partial charge is 0.362 e. The molecule has 0 unspecified atom stereocenters. The van der Waals surface area contributed by atoms with Gasteiger partial charge in [0.1, 0.15) is 5.70 Å². The van der Waals surface area contributed by atoms with E-state index in [2.05, 4.69) is 12.1 Å². The number of hydrogen-bond acceptors (Lipinski definition) is 3. The molecule has 126 valence electrons. The molecule has 5 heteroatoms. The van der Waals surface area contributed by atoms with Crippen LogP contribution in [0.3, 0.4) is 0 Å². The van der Waals surface area contributed by atoms with E-state index in [0.29, 0.717) is 22.8 Å². The average molecular weight is 353 g/mol. The predicted molar refractivity (Wildman–Crippen MR) is 96.7 cm³/mol. The fraction of sp³-hybridized carbons (Fsp3) is 0.200. The summed E-state index contributed by atoms with van der Waals surface area (Å²) in [5.41, 5.74) is 4.18. The molecular weight excluding hydrogens is 336 g/mol. The Labute approximate surface area is 151 Å². The lowest BCUT2D eigenvalue weighted by Gasteiger charge is -2.31. The summed E-state index contributed by atoms with van der Waals surface area (Å²) in [7, 11) is 1.53. The molecule has 0 fully saturated rings. The van der Waals surface area contributed by atoms with Crippen molar-refractivity contribution < 1.29 is 9.59 Å². The topological polar surface area (TPSA) is 40.6 Å². The van der Waals surface area contributed by atoms with Crippen molar-refractivity contribution in [2.24, 2.45) is 0 Å². The highest BCUT2D eigenvalue weighted by Gasteiger charge is 2.40. The summed E-state index contributed by atoms with van der Waals surface area (Å²) >= 11 is 5.96. The van der Waals surface area contributed by atoms with Crippen LogP contribution in [0.5, 0.6) is 0 Å². The number of amides is 2. The molecule has 4 nitrogen and oxygen atoms in total. The molecule has 0 spiro atoms. The van der Waals surface area contributed by atoms with Gasteiger partial charge < -0.3 is 4.90 Å². The van der Waals surface area contributed by atoms with Gasteiger partial charge in [-0.3, -0.25) is 14.5 Å². The third-order valence-corrected chi connectivity index (χ3v) is 5.09. The Kier molecular flexibility index (Phi) is 3.85. The number of nitrogens with zero attached hydrogens (tertiary/aromatic N) is 2. The minimum absolute atomic E-state index is 0.241. The minimum atomic E-state index is -0.263. The highest BCUT2D eigenvalue weighted by molar-refractivity contribution is 6.35. The maximum Gasteiger partial charge on any atom is 0.277 e. The van der Waals surface area contributed by atoms with E-state index in [1.807, 2.05) is 17.0 Å². The molecule has 2 aromatic carbocycles. The zero-order valence-electron chi connectivity index (χ0n) is 13.8. The fourth-order valence-electron chi connectivity index (χ4n) is 3.48.